The van der Waals surface area contributed by atoms with Crippen molar-refractivity contribution in [3.63, 3.8) is 0 Å². The fourth-order valence-electron chi connectivity index (χ4n) is 3.30. The lowest BCUT2D eigenvalue weighted by atomic mass is 10.0. The molecule has 1 aliphatic rings. The Labute approximate surface area is 253 Å². The predicted molar refractivity (Wildman–Crippen MR) is 174 cm³/mol. The molecule has 1 aromatic rings. The third-order valence-electron chi connectivity index (χ3n) is 5.31. The molecule has 10 heteroatoms. The zero-order chi connectivity index (χ0) is 30.6. The maximum atomic E-state index is 9.99. The molecule has 8 nitrogen and oxygen atoms in total. The van der Waals surface area contributed by atoms with E-state index in [1.807, 2.05) is 58.4 Å². The molecule has 0 spiro atoms. The molecule has 0 atom stereocenters. The molecule has 0 aliphatic carbocycles. The van der Waals surface area contributed by atoms with Crippen molar-refractivity contribution >= 4 is 40.7 Å². The summed E-state index contributed by atoms with van der Waals surface area (Å²) in [4.78, 5) is 17.4. The first-order valence-corrected chi connectivity index (χ1v) is 14.1. The largest absolute Gasteiger partial charge is 0.462 e. The second-order valence-corrected chi connectivity index (χ2v) is 9.59. The number of rotatable bonds is 9. The number of allylic oxidation sites excluding steroid dienone is 8. The molecule has 0 saturated heterocycles. The van der Waals surface area contributed by atoms with Gasteiger partial charge in [-0.25, -0.2) is 9.98 Å². The average Bonchev–Trinajstić information content (AvgIpc) is 2.98. The van der Waals surface area contributed by atoms with Crippen LogP contribution in [0.25, 0.3) is 0 Å². The summed E-state index contributed by atoms with van der Waals surface area (Å²) in [5.41, 5.74) is 6.00. The summed E-state index contributed by atoms with van der Waals surface area (Å²) in [5.74, 6) is 1.78. The van der Waals surface area contributed by atoms with E-state index in [4.69, 9.17) is 16.3 Å². The molecule has 0 radical (unpaired) electrons. The Morgan fingerprint density at radius 3 is 2.63 bits per heavy atom. The summed E-state index contributed by atoms with van der Waals surface area (Å²) in [6.07, 6.45) is 25.5. The van der Waals surface area contributed by atoms with Crippen LogP contribution in [0.2, 0.25) is 0 Å². The lowest BCUT2D eigenvalue weighted by Crippen LogP contribution is -2.39. The van der Waals surface area contributed by atoms with Crippen molar-refractivity contribution in [2.24, 2.45) is 15.0 Å². The van der Waals surface area contributed by atoms with Crippen LogP contribution in [-0.2, 0) is 0 Å². The van der Waals surface area contributed by atoms with Gasteiger partial charge in [0.2, 0.25) is 5.96 Å². The molecule has 0 unspecified atom stereocenters. The zero-order valence-corrected chi connectivity index (χ0v) is 25.7. The molecule has 0 bridgehead atoms. The number of terminal acetylenes is 1. The van der Waals surface area contributed by atoms with Gasteiger partial charge >= 0.3 is 0 Å². The standard InChI is InChI=1S/C29H34ClN7OS.C2H2/c1-7-24(30)16-21(3)17-27-23(19-31)18-28(39-6)33-20-34-29(36-37(27)5)35-22(4)10-9-11-25(8-2)38-26-12-14-32-15-13-26;1-2/h7-10,12-16,20H,4,11,17-18H2,1-3,5-6H3,(H,35,36);1-2H/b10-9?,21-16+,24-7+,25-8+,27-23+,33-28?,34-20+;. The van der Waals surface area contributed by atoms with E-state index in [2.05, 4.69) is 50.9 Å². The first kappa shape index (κ1) is 34.7. The second-order valence-electron chi connectivity index (χ2n) is 8.27. The Bertz CT molecular complexity index is 1340. The van der Waals surface area contributed by atoms with E-state index in [0.29, 0.717) is 35.6 Å². The molecule has 0 fully saturated rings. The van der Waals surface area contributed by atoms with Gasteiger partial charge in [0, 0.05) is 43.7 Å². The van der Waals surface area contributed by atoms with Crippen LogP contribution in [0.3, 0.4) is 0 Å². The molecule has 1 aromatic heterocycles. The number of aromatic nitrogens is 1. The van der Waals surface area contributed by atoms with E-state index >= 15 is 0 Å². The normalized spacial score (nSPS) is 18.5. The molecular weight excluding hydrogens is 554 g/mol. The van der Waals surface area contributed by atoms with Crippen molar-refractivity contribution in [2.75, 3.05) is 13.3 Å². The number of guanidine groups is 1. The Hall–Kier alpha value is -4.31. The van der Waals surface area contributed by atoms with Gasteiger partial charge in [-0.1, -0.05) is 35.9 Å². The monoisotopic (exact) mass is 589 g/mol. The minimum atomic E-state index is 0.278. The number of hydrogen-bond donors (Lipinski definition) is 1. The van der Waals surface area contributed by atoms with Crippen LogP contribution in [0, 0.1) is 24.2 Å². The number of nitrogens with one attached hydrogen (secondary N) is 1. The van der Waals surface area contributed by atoms with Gasteiger partial charge in [-0.3, -0.25) is 15.4 Å². The van der Waals surface area contributed by atoms with E-state index < -0.39 is 0 Å². The highest BCUT2D eigenvalue weighted by molar-refractivity contribution is 8.13. The van der Waals surface area contributed by atoms with Gasteiger partial charge in [0.25, 0.3) is 0 Å². The fraction of sp³-hybridized carbons (Fsp3) is 0.258. The van der Waals surface area contributed by atoms with Gasteiger partial charge in [0.15, 0.2) is 0 Å². The van der Waals surface area contributed by atoms with Crippen molar-refractivity contribution in [2.45, 2.75) is 40.0 Å². The molecule has 2 rings (SSSR count). The summed E-state index contributed by atoms with van der Waals surface area (Å²) in [6, 6.07) is 5.95. The number of hydrazine groups is 1. The van der Waals surface area contributed by atoms with Crippen LogP contribution in [0.1, 0.15) is 40.0 Å². The maximum absolute atomic E-state index is 9.99. The molecule has 1 N–H and O–H groups in total. The Morgan fingerprint density at radius 2 is 2.02 bits per heavy atom. The van der Waals surface area contributed by atoms with Gasteiger partial charge in [0.1, 0.15) is 17.8 Å². The van der Waals surface area contributed by atoms with Crippen molar-refractivity contribution in [1.29, 1.82) is 5.26 Å². The van der Waals surface area contributed by atoms with E-state index in [1.165, 1.54) is 18.1 Å². The summed E-state index contributed by atoms with van der Waals surface area (Å²) in [5, 5.41) is 13.2. The summed E-state index contributed by atoms with van der Waals surface area (Å²) in [7, 11) is 1.83. The third-order valence-corrected chi connectivity index (χ3v) is 6.36. The van der Waals surface area contributed by atoms with Crippen molar-refractivity contribution in [1.82, 2.24) is 15.4 Å². The van der Waals surface area contributed by atoms with Crippen LogP contribution in [0.4, 0.5) is 0 Å². The van der Waals surface area contributed by atoms with E-state index in [9.17, 15) is 5.26 Å². The van der Waals surface area contributed by atoms with Crippen LogP contribution in [-0.4, -0.2) is 40.6 Å². The van der Waals surface area contributed by atoms with E-state index in [1.54, 1.807) is 35.6 Å². The molecule has 0 amide bonds. The molecule has 214 valence electrons. The Kier molecular flexibility index (Phi) is 16.7. The molecule has 41 heavy (non-hydrogen) atoms. The average molecular weight is 590 g/mol. The van der Waals surface area contributed by atoms with Crippen molar-refractivity contribution in [3.05, 3.63) is 94.8 Å². The number of thioether (sulfide) groups is 1. The predicted octanol–water partition coefficient (Wildman–Crippen LogP) is 7.32. The van der Waals surface area contributed by atoms with Crippen molar-refractivity contribution < 1.29 is 4.74 Å². The molecule has 0 saturated carbocycles. The lowest BCUT2D eigenvalue weighted by molar-refractivity contribution is 0.358. The van der Waals surface area contributed by atoms with Gasteiger partial charge in [-0.05, 0) is 57.4 Å². The number of hydrogen-bond acceptors (Lipinski definition) is 7. The third kappa shape index (κ3) is 13.1. The number of nitriles is 1. The number of aliphatic imine (C=N–C) groups is 3. The molecule has 2 heterocycles. The van der Waals surface area contributed by atoms with E-state index in [-0.39, 0.29) is 5.96 Å². The first-order valence-electron chi connectivity index (χ1n) is 12.5. The highest BCUT2D eigenvalue weighted by atomic mass is 35.5. The van der Waals surface area contributed by atoms with Crippen LogP contribution < -0.4 is 10.2 Å². The lowest BCUT2D eigenvalue weighted by Gasteiger charge is -2.26. The minimum absolute atomic E-state index is 0.278. The summed E-state index contributed by atoms with van der Waals surface area (Å²) >= 11 is 7.68. The van der Waals surface area contributed by atoms with Gasteiger partial charge in [0.05, 0.1) is 28.1 Å². The molecule has 0 aromatic carbocycles. The van der Waals surface area contributed by atoms with Crippen LogP contribution in [0.15, 0.2) is 110 Å². The van der Waals surface area contributed by atoms with Crippen LogP contribution in [0.5, 0.6) is 5.75 Å². The van der Waals surface area contributed by atoms with Crippen LogP contribution >= 0.6 is 23.4 Å². The number of nitrogens with zero attached hydrogens (tertiary/aromatic N) is 6. The van der Waals surface area contributed by atoms with Gasteiger partial charge in [-0.2, -0.15) is 10.3 Å². The molecule has 1 aliphatic heterocycles. The Morgan fingerprint density at radius 1 is 1.32 bits per heavy atom. The molecular formula is C31H36ClN7OS. The zero-order valence-electron chi connectivity index (χ0n) is 24.1. The minimum Gasteiger partial charge on any atom is -0.462 e. The topological polar surface area (TPSA) is 98.3 Å². The van der Waals surface area contributed by atoms with E-state index in [0.717, 1.165) is 27.8 Å². The van der Waals surface area contributed by atoms with Crippen molar-refractivity contribution in [3.8, 4) is 24.7 Å². The highest BCUT2D eigenvalue weighted by Gasteiger charge is 2.17. The highest BCUT2D eigenvalue weighted by Crippen LogP contribution is 2.23. The summed E-state index contributed by atoms with van der Waals surface area (Å²) in [6.45, 7) is 9.81. The van der Waals surface area contributed by atoms with Gasteiger partial charge < -0.3 is 4.74 Å². The second kappa shape index (κ2) is 19.7. The number of halogens is 1. The first-order chi connectivity index (χ1) is 19.8. The quantitative estimate of drug-likeness (QED) is 0.184. The fourth-order valence-corrected chi connectivity index (χ4v) is 3.93. The number of ether oxygens (including phenoxy) is 1. The SMILES string of the molecule is C#C.C=C(C=CC/C(=C\C)Oc1ccncc1)N=C1/N=C/N=C(SC)C/C(C#N)=C(/C/C(C)=C/C(Cl)=C\C)N(C)N1. The smallest absolute Gasteiger partial charge is 0.243 e. The van der Waals surface area contributed by atoms with Gasteiger partial charge in [-0.15, -0.1) is 24.6 Å². The Balaban J connectivity index is 0.00000411. The number of pyridine rings is 1. The summed E-state index contributed by atoms with van der Waals surface area (Å²) < 4.78 is 5.88. The maximum Gasteiger partial charge on any atom is 0.243 e.